The van der Waals surface area contributed by atoms with Crippen LogP contribution < -0.4 is 10.1 Å². The predicted octanol–water partition coefficient (Wildman–Crippen LogP) is 2.21. The molecule has 1 aromatic rings. The molecule has 0 bridgehead atoms. The first-order chi connectivity index (χ1) is 8.51. The monoisotopic (exact) mass is 255 g/mol. The molecule has 5 heteroatoms. The van der Waals surface area contributed by atoms with Crippen LogP contribution in [0, 0.1) is 11.7 Å². The Hall–Kier alpha value is -1.62. The van der Waals surface area contributed by atoms with Crippen molar-refractivity contribution in [3.8, 4) is 5.75 Å². The molecule has 0 aliphatic heterocycles. The molecule has 0 heterocycles. The van der Waals surface area contributed by atoms with Gasteiger partial charge >= 0.3 is 5.97 Å². The van der Waals surface area contributed by atoms with Crippen LogP contribution in [0.1, 0.15) is 25.5 Å². The number of hydrogen-bond donors (Lipinski definition) is 2. The van der Waals surface area contributed by atoms with E-state index in [0.717, 1.165) is 0 Å². The summed E-state index contributed by atoms with van der Waals surface area (Å²) < 4.78 is 18.8. The molecule has 4 nitrogen and oxygen atoms in total. The van der Waals surface area contributed by atoms with Gasteiger partial charge in [-0.3, -0.25) is 4.79 Å². The summed E-state index contributed by atoms with van der Waals surface area (Å²) in [6.45, 7) is 3.74. The van der Waals surface area contributed by atoms with Gasteiger partial charge in [-0.2, -0.15) is 0 Å². The fourth-order valence-corrected chi connectivity index (χ4v) is 1.83. The minimum atomic E-state index is -0.927. The quantitative estimate of drug-likeness (QED) is 0.818. The molecule has 2 unspecified atom stereocenters. The van der Waals surface area contributed by atoms with Crippen LogP contribution in [-0.4, -0.2) is 24.7 Å². The Morgan fingerprint density at radius 1 is 1.56 bits per heavy atom. The van der Waals surface area contributed by atoms with E-state index in [-0.39, 0.29) is 5.75 Å². The number of ether oxygens (including phenoxy) is 1. The molecule has 1 rings (SSSR count). The summed E-state index contributed by atoms with van der Waals surface area (Å²) in [6, 6.07) is 4.07. The Labute approximate surface area is 106 Å². The molecule has 0 saturated carbocycles. The first kappa shape index (κ1) is 14.4. The van der Waals surface area contributed by atoms with Gasteiger partial charge in [0.05, 0.1) is 12.5 Å². The van der Waals surface area contributed by atoms with E-state index in [1.807, 2.05) is 0 Å². The number of carboxylic acids is 1. The van der Waals surface area contributed by atoms with Crippen molar-refractivity contribution in [2.45, 2.75) is 19.9 Å². The van der Waals surface area contributed by atoms with Crippen molar-refractivity contribution in [2.75, 3.05) is 13.7 Å². The number of rotatable bonds is 6. The molecule has 18 heavy (non-hydrogen) atoms. The van der Waals surface area contributed by atoms with Gasteiger partial charge in [-0.1, -0.05) is 13.0 Å². The Morgan fingerprint density at radius 2 is 2.22 bits per heavy atom. The molecular formula is C13H18FNO3. The molecule has 0 aliphatic rings. The lowest BCUT2D eigenvalue weighted by atomic mass is 9.94. The van der Waals surface area contributed by atoms with Crippen molar-refractivity contribution in [2.24, 2.45) is 5.92 Å². The number of halogens is 1. The topological polar surface area (TPSA) is 58.6 Å². The van der Waals surface area contributed by atoms with Crippen LogP contribution >= 0.6 is 0 Å². The van der Waals surface area contributed by atoms with E-state index in [4.69, 9.17) is 9.84 Å². The van der Waals surface area contributed by atoms with Crippen LogP contribution in [0.5, 0.6) is 5.75 Å². The second-order valence-corrected chi connectivity index (χ2v) is 4.02. The number of benzene rings is 1. The molecule has 2 atom stereocenters. The van der Waals surface area contributed by atoms with E-state index in [1.54, 1.807) is 27.0 Å². The maximum atomic E-state index is 13.7. The molecule has 0 radical (unpaired) electrons. The summed E-state index contributed by atoms with van der Waals surface area (Å²) in [5, 5.41) is 11.9. The molecule has 0 spiro atoms. The molecule has 2 N–H and O–H groups in total. The van der Waals surface area contributed by atoms with E-state index in [2.05, 4.69) is 5.32 Å². The maximum Gasteiger partial charge on any atom is 0.308 e. The zero-order valence-corrected chi connectivity index (χ0v) is 10.7. The van der Waals surface area contributed by atoms with Crippen molar-refractivity contribution in [3.05, 3.63) is 29.6 Å². The fraction of sp³-hybridized carbons (Fsp3) is 0.462. The van der Waals surface area contributed by atoms with E-state index >= 15 is 0 Å². The van der Waals surface area contributed by atoms with E-state index in [9.17, 15) is 9.18 Å². The number of aliphatic carboxylic acids is 1. The second kappa shape index (κ2) is 6.35. The zero-order valence-electron chi connectivity index (χ0n) is 10.7. The average Bonchev–Trinajstić information content (AvgIpc) is 2.33. The second-order valence-electron chi connectivity index (χ2n) is 4.02. The van der Waals surface area contributed by atoms with Crippen LogP contribution in [0.2, 0.25) is 0 Å². The van der Waals surface area contributed by atoms with Gasteiger partial charge in [0.2, 0.25) is 0 Å². The third-order valence-electron chi connectivity index (χ3n) is 2.82. The van der Waals surface area contributed by atoms with Gasteiger partial charge in [-0.15, -0.1) is 0 Å². The smallest absolute Gasteiger partial charge is 0.308 e. The van der Waals surface area contributed by atoms with E-state index in [0.29, 0.717) is 12.2 Å². The summed E-state index contributed by atoms with van der Waals surface area (Å²) in [4.78, 5) is 11.0. The van der Waals surface area contributed by atoms with E-state index < -0.39 is 23.7 Å². The van der Waals surface area contributed by atoms with Crippen molar-refractivity contribution < 1.29 is 19.0 Å². The van der Waals surface area contributed by atoms with Crippen molar-refractivity contribution in [1.29, 1.82) is 0 Å². The van der Waals surface area contributed by atoms with Crippen LogP contribution in [0.4, 0.5) is 4.39 Å². The van der Waals surface area contributed by atoms with Crippen LogP contribution in [-0.2, 0) is 4.79 Å². The molecular weight excluding hydrogens is 237 g/mol. The van der Waals surface area contributed by atoms with Gasteiger partial charge in [0, 0.05) is 6.04 Å². The lowest BCUT2D eigenvalue weighted by molar-refractivity contribution is -0.142. The summed E-state index contributed by atoms with van der Waals surface area (Å²) >= 11 is 0. The first-order valence-corrected chi connectivity index (χ1v) is 5.83. The van der Waals surface area contributed by atoms with Gasteiger partial charge in [-0.25, -0.2) is 4.39 Å². The van der Waals surface area contributed by atoms with Gasteiger partial charge in [0.15, 0.2) is 11.6 Å². The number of hydrogen-bond acceptors (Lipinski definition) is 3. The van der Waals surface area contributed by atoms with Crippen molar-refractivity contribution >= 4 is 5.97 Å². The van der Waals surface area contributed by atoms with Gasteiger partial charge in [0.1, 0.15) is 0 Å². The van der Waals surface area contributed by atoms with Gasteiger partial charge < -0.3 is 15.2 Å². The lowest BCUT2D eigenvalue weighted by Gasteiger charge is -2.21. The Kier molecular flexibility index (Phi) is 5.09. The summed E-state index contributed by atoms with van der Waals surface area (Å²) in [7, 11) is 1.65. The third kappa shape index (κ3) is 3.20. The number of carboxylic acid groups (broad SMARTS) is 1. The van der Waals surface area contributed by atoms with Gasteiger partial charge in [-0.05, 0) is 31.7 Å². The number of carbonyl (C=O) groups is 1. The first-order valence-electron chi connectivity index (χ1n) is 5.83. The fourth-order valence-electron chi connectivity index (χ4n) is 1.83. The Bertz CT molecular complexity index is 423. The highest BCUT2D eigenvalue weighted by Gasteiger charge is 2.24. The zero-order chi connectivity index (χ0) is 13.7. The number of nitrogens with one attached hydrogen (secondary N) is 1. The average molecular weight is 255 g/mol. The SMILES string of the molecule is CCOc1ccc(C(NC)C(C)C(=O)O)cc1F. The molecule has 0 fully saturated rings. The molecule has 0 aromatic heterocycles. The molecule has 0 saturated heterocycles. The standard InChI is InChI=1S/C13H18FNO3/c1-4-18-11-6-5-9(7-10(11)14)12(15-3)8(2)13(16)17/h5-8,12,15H,4H2,1-3H3,(H,16,17). The summed E-state index contributed by atoms with van der Waals surface area (Å²) in [5.74, 6) is -1.87. The molecule has 1 aromatic carbocycles. The highest BCUT2D eigenvalue weighted by Crippen LogP contribution is 2.26. The van der Waals surface area contributed by atoms with Crippen LogP contribution in [0.15, 0.2) is 18.2 Å². The molecule has 0 amide bonds. The third-order valence-corrected chi connectivity index (χ3v) is 2.82. The normalized spacial score (nSPS) is 14.0. The van der Waals surface area contributed by atoms with Crippen LogP contribution in [0.25, 0.3) is 0 Å². The molecule has 0 aliphatic carbocycles. The summed E-state index contributed by atoms with van der Waals surface area (Å²) in [6.07, 6.45) is 0. The maximum absolute atomic E-state index is 13.7. The highest BCUT2D eigenvalue weighted by atomic mass is 19.1. The Morgan fingerprint density at radius 3 is 2.67 bits per heavy atom. The largest absolute Gasteiger partial charge is 0.491 e. The Balaban J connectivity index is 3.01. The minimum absolute atomic E-state index is 0.180. The lowest BCUT2D eigenvalue weighted by Crippen LogP contribution is -2.28. The van der Waals surface area contributed by atoms with E-state index in [1.165, 1.54) is 12.1 Å². The van der Waals surface area contributed by atoms with Crippen molar-refractivity contribution in [3.63, 3.8) is 0 Å². The minimum Gasteiger partial charge on any atom is -0.491 e. The van der Waals surface area contributed by atoms with Crippen molar-refractivity contribution in [1.82, 2.24) is 5.32 Å². The summed E-state index contributed by atoms with van der Waals surface area (Å²) in [5.41, 5.74) is 0.591. The predicted molar refractivity (Wildman–Crippen MR) is 66.2 cm³/mol. The highest BCUT2D eigenvalue weighted by molar-refractivity contribution is 5.70. The van der Waals surface area contributed by atoms with Crippen LogP contribution in [0.3, 0.4) is 0 Å². The molecule has 100 valence electrons. The van der Waals surface area contributed by atoms with Gasteiger partial charge in [0.25, 0.3) is 0 Å².